The van der Waals surface area contributed by atoms with Crippen molar-refractivity contribution in [2.24, 2.45) is 5.41 Å². The highest BCUT2D eigenvalue weighted by atomic mass is 16.7. The third-order valence-corrected chi connectivity index (χ3v) is 5.45. The number of Topliss-reactive ketones (excluding diaryl/α,β-unsaturated/α-hetero) is 1. The first-order valence-electron chi connectivity index (χ1n) is 8.75. The zero-order chi connectivity index (χ0) is 17.2. The number of hydrogen-bond donors (Lipinski definition) is 0. The molecule has 0 fully saturated rings. The Morgan fingerprint density at radius 1 is 1.04 bits per heavy atom. The summed E-state index contributed by atoms with van der Waals surface area (Å²) in [7, 11) is 0. The Kier molecular flexibility index (Phi) is 2.83. The van der Waals surface area contributed by atoms with Crippen LogP contribution in [-0.4, -0.2) is 5.78 Å². The number of rotatable bonds is 1. The number of benzene rings is 1. The lowest BCUT2D eigenvalue weighted by atomic mass is 9.69. The number of carbonyl (C=O) groups excluding carboxylic acids is 1. The molecule has 3 aliphatic rings. The van der Waals surface area contributed by atoms with Crippen molar-refractivity contribution in [2.45, 2.75) is 44.8 Å². The van der Waals surface area contributed by atoms with Crippen LogP contribution in [-0.2, 0) is 15.3 Å². The van der Waals surface area contributed by atoms with Crippen LogP contribution in [0.5, 0.6) is 5.75 Å². The molecule has 4 heteroatoms. The molecule has 0 unspecified atom stereocenters. The van der Waals surface area contributed by atoms with E-state index in [1.807, 2.05) is 30.3 Å². The molecule has 1 aliphatic carbocycles. The second kappa shape index (κ2) is 4.78. The highest BCUT2D eigenvalue weighted by Gasteiger charge is 2.55. The van der Waals surface area contributed by atoms with Crippen LogP contribution in [0.4, 0.5) is 0 Å². The Morgan fingerprint density at radius 2 is 1.88 bits per heavy atom. The largest absolute Gasteiger partial charge is 0.461 e. The van der Waals surface area contributed by atoms with E-state index in [9.17, 15) is 4.79 Å². The van der Waals surface area contributed by atoms with Gasteiger partial charge in [0.15, 0.2) is 11.5 Å². The third-order valence-electron chi connectivity index (χ3n) is 5.45. The summed E-state index contributed by atoms with van der Waals surface area (Å²) in [6.45, 7) is 4.22. The zero-order valence-corrected chi connectivity index (χ0v) is 14.4. The van der Waals surface area contributed by atoms with Crippen LogP contribution in [0.3, 0.4) is 0 Å². The summed E-state index contributed by atoms with van der Waals surface area (Å²) in [6.07, 6.45) is 3.48. The molecule has 5 rings (SSSR count). The fraction of sp³-hybridized carbons (Fsp3) is 0.381. The zero-order valence-electron chi connectivity index (χ0n) is 14.4. The van der Waals surface area contributed by atoms with Crippen LogP contribution < -0.4 is 4.74 Å². The van der Waals surface area contributed by atoms with Gasteiger partial charge in [-0.05, 0) is 23.6 Å². The number of fused-ring (bicyclic) bond motifs is 5. The topological polar surface area (TPSA) is 48.7 Å². The molecule has 0 radical (unpaired) electrons. The SMILES string of the molecule is CC1(C)CC(=O)C2=C(C1)O[C@]1(c3ccco3)C[C@H]2c2ccccc2O1. The molecule has 0 spiro atoms. The summed E-state index contributed by atoms with van der Waals surface area (Å²) in [4.78, 5) is 12.9. The van der Waals surface area contributed by atoms with Crippen molar-refractivity contribution in [2.75, 3.05) is 0 Å². The minimum Gasteiger partial charge on any atom is -0.461 e. The monoisotopic (exact) mass is 336 g/mol. The van der Waals surface area contributed by atoms with Gasteiger partial charge in [0, 0.05) is 36.3 Å². The van der Waals surface area contributed by atoms with Gasteiger partial charge in [0.05, 0.1) is 6.26 Å². The van der Waals surface area contributed by atoms with Crippen LogP contribution in [0.2, 0.25) is 0 Å². The predicted octanol–water partition coefficient (Wildman–Crippen LogP) is 4.67. The molecule has 2 aromatic rings. The van der Waals surface area contributed by atoms with Crippen LogP contribution in [0.1, 0.15) is 50.4 Å². The molecular formula is C21H20O4. The average molecular weight is 336 g/mol. The second-order valence-electron chi connectivity index (χ2n) is 8.01. The Morgan fingerprint density at radius 3 is 2.68 bits per heavy atom. The maximum Gasteiger partial charge on any atom is 0.311 e. The number of carbonyl (C=O) groups is 1. The third kappa shape index (κ3) is 2.10. The molecule has 2 atom stereocenters. The molecule has 4 nitrogen and oxygen atoms in total. The van der Waals surface area contributed by atoms with Gasteiger partial charge < -0.3 is 13.9 Å². The van der Waals surface area contributed by atoms with Gasteiger partial charge in [-0.3, -0.25) is 4.79 Å². The molecule has 0 amide bonds. The van der Waals surface area contributed by atoms with E-state index in [0.717, 1.165) is 29.1 Å². The Bertz CT molecular complexity index is 890. The van der Waals surface area contributed by atoms with Crippen molar-refractivity contribution in [1.29, 1.82) is 0 Å². The Labute approximate surface area is 146 Å². The quantitative estimate of drug-likeness (QED) is 0.759. The summed E-state index contributed by atoms with van der Waals surface area (Å²) >= 11 is 0. The van der Waals surface area contributed by atoms with Crippen molar-refractivity contribution in [3.8, 4) is 5.75 Å². The minimum absolute atomic E-state index is 0.0117. The van der Waals surface area contributed by atoms with E-state index in [4.69, 9.17) is 13.9 Å². The Balaban J connectivity index is 1.73. The number of ether oxygens (including phenoxy) is 2. The Hall–Kier alpha value is -2.49. The van der Waals surface area contributed by atoms with Gasteiger partial charge in [-0.15, -0.1) is 0 Å². The molecule has 3 heterocycles. The lowest BCUT2D eigenvalue weighted by molar-refractivity contribution is -0.206. The average Bonchev–Trinajstić information content (AvgIpc) is 3.08. The molecule has 2 aliphatic heterocycles. The van der Waals surface area contributed by atoms with Crippen LogP contribution >= 0.6 is 0 Å². The lowest BCUT2D eigenvalue weighted by Crippen LogP contribution is -2.47. The standard InChI is InChI=1S/C21H20O4/c1-20(2)11-15(22)19-14-10-21(25-17(19)12-20,18-8-5-9-23-18)24-16-7-4-3-6-13(14)16/h3-9,14H,10-12H2,1-2H3/t14-,21-/m0/s1. The smallest absolute Gasteiger partial charge is 0.311 e. The van der Waals surface area contributed by atoms with Gasteiger partial charge >= 0.3 is 5.79 Å². The van der Waals surface area contributed by atoms with Crippen molar-refractivity contribution in [1.82, 2.24) is 0 Å². The highest BCUT2D eigenvalue weighted by molar-refractivity contribution is 5.99. The van der Waals surface area contributed by atoms with E-state index >= 15 is 0 Å². The fourth-order valence-electron chi connectivity index (χ4n) is 4.43. The summed E-state index contributed by atoms with van der Waals surface area (Å²) in [6, 6.07) is 11.6. The van der Waals surface area contributed by atoms with Gasteiger partial charge in [-0.1, -0.05) is 32.0 Å². The molecule has 1 aromatic heterocycles. The van der Waals surface area contributed by atoms with Crippen molar-refractivity contribution in [3.63, 3.8) is 0 Å². The van der Waals surface area contributed by atoms with Crippen LogP contribution in [0.25, 0.3) is 0 Å². The number of allylic oxidation sites excluding steroid dienone is 2. The van der Waals surface area contributed by atoms with Crippen molar-refractivity contribution < 1.29 is 18.7 Å². The first-order valence-corrected chi connectivity index (χ1v) is 8.75. The molecule has 1 aromatic carbocycles. The number of furan rings is 1. The van der Waals surface area contributed by atoms with E-state index in [1.54, 1.807) is 6.26 Å². The maximum absolute atomic E-state index is 12.9. The van der Waals surface area contributed by atoms with Gasteiger partial charge in [0.25, 0.3) is 0 Å². The van der Waals surface area contributed by atoms with Gasteiger partial charge in [0.1, 0.15) is 11.5 Å². The molecule has 0 saturated carbocycles. The predicted molar refractivity (Wildman–Crippen MR) is 90.9 cm³/mol. The van der Waals surface area contributed by atoms with Crippen molar-refractivity contribution >= 4 is 5.78 Å². The van der Waals surface area contributed by atoms with Gasteiger partial charge in [-0.25, -0.2) is 0 Å². The summed E-state index contributed by atoms with van der Waals surface area (Å²) in [5.74, 6) is 1.37. The first kappa shape index (κ1) is 14.8. The van der Waals surface area contributed by atoms with Gasteiger partial charge in [0.2, 0.25) is 0 Å². The van der Waals surface area contributed by atoms with Crippen LogP contribution in [0.15, 0.2) is 58.4 Å². The number of ketones is 1. The van der Waals surface area contributed by atoms with E-state index in [-0.39, 0.29) is 17.1 Å². The maximum atomic E-state index is 12.9. The normalized spacial score (nSPS) is 29.4. The molecule has 0 N–H and O–H groups in total. The molecule has 128 valence electrons. The number of para-hydroxylation sites is 1. The van der Waals surface area contributed by atoms with Gasteiger partial charge in [-0.2, -0.15) is 0 Å². The van der Waals surface area contributed by atoms with Crippen molar-refractivity contribution in [3.05, 3.63) is 65.3 Å². The highest BCUT2D eigenvalue weighted by Crippen LogP contribution is 2.57. The molecule has 25 heavy (non-hydrogen) atoms. The van der Waals surface area contributed by atoms with E-state index < -0.39 is 5.79 Å². The number of hydrogen-bond acceptors (Lipinski definition) is 4. The summed E-state index contributed by atoms with van der Waals surface area (Å²) in [5, 5.41) is 0. The molecule has 0 saturated heterocycles. The first-order chi connectivity index (χ1) is 12.0. The van der Waals surface area contributed by atoms with Crippen LogP contribution in [0, 0.1) is 5.41 Å². The summed E-state index contributed by atoms with van der Waals surface area (Å²) < 4.78 is 18.4. The fourth-order valence-corrected chi connectivity index (χ4v) is 4.43. The lowest BCUT2D eigenvalue weighted by Gasteiger charge is -2.48. The summed E-state index contributed by atoms with van der Waals surface area (Å²) in [5.41, 5.74) is 1.79. The van der Waals surface area contributed by atoms with E-state index in [2.05, 4.69) is 19.9 Å². The molecule has 2 bridgehead atoms. The second-order valence-corrected chi connectivity index (χ2v) is 8.01. The van der Waals surface area contributed by atoms with E-state index in [1.165, 1.54) is 0 Å². The minimum atomic E-state index is -0.991. The molecular weight excluding hydrogens is 316 g/mol. The van der Waals surface area contributed by atoms with E-state index in [0.29, 0.717) is 18.6 Å².